The van der Waals surface area contributed by atoms with Gasteiger partial charge in [0.05, 0.1) is 10.6 Å². The first-order chi connectivity index (χ1) is 11.4. The van der Waals surface area contributed by atoms with Crippen LogP contribution in [0.1, 0.15) is 19.5 Å². The highest BCUT2D eigenvalue weighted by atomic mass is 16.6. The monoisotopic (exact) mass is 329 g/mol. The Morgan fingerprint density at radius 3 is 2.50 bits per heavy atom. The van der Waals surface area contributed by atoms with Gasteiger partial charge in [0.15, 0.2) is 0 Å². The first-order valence-electron chi connectivity index (χ1n) is 7.37. The Balaban J connectivity index is 2.37. The molecule has 2 heterocycles. The first kappa shape index (κ1) is 15.7. The van der Waals surface area contributed by atoms with E-state index in [1.165, 1.54) is 0 Å². The Morgan fingerprint density at radius 2 is 1.92 bits per heavy atom. The quantitative estimate of drug-likeness (QED) is 0.572. The number of H-pyrrole nitrogens is 1. The zero-order valence-electron chi connectivity index (χ0n) is 13.1. The fourth-order valence-corrected chi connectivity index (χ4v) is 2.56. The van der Waals surface area contributed by atoms with Crippen molar-refractivity contribution in [2.45, 2.75) is 20.3 Å². The Morgan fingerprint density at radius 1 is 1.25 bits per heavy atom. The van der Waals surface area contributed by atoms with Crippen molar-refractivity contribution in [3.63, 3.8) is 0 Å². The number of para-hydroxylation sites is 1. The number of nitrogens with zero attached hydrogens (tertiary/aromatic N) is 4. The maximum atomic E-state index is 12.6. The molecular formula is C15H15N5O4. The third kappa shape index (κ3) is 2.49. The number of rotatable bonds is 4. The van der Waals surface area contributed by atoms with E-state index in [2.05, 4.69) is 10.2 Å². The van der Waals surface area contributed by atoms with E-state index in [9.17, 15) is 19.7 Å². The second kappa shape index (κ2) is 5.76. The molecule has 9 nitrogen and oxygen atoms in total. The molecule has 24 heavy (non-hydrogen) atoms. The molecule has 124 valence electrons. The summed E-state index contributed by atoms with van der Waals surface area (Å²) in [4.78, 5) is 35.7. The number of benzene rings is 1. The lowest BCUT2D eigenvalue weighted by Crippen LogP contribution is -2.34. The minimum absolute atomic E-state index is 0.0871. The molecule has 0 saturated heterocycles. The minimum Gasteiger partial charge on any atom is -0.265 e. The zero-order chi connectivity index (χ0) is 17.4. The van der Waals surface area contributed by atoms with Crippen molar-refractivity contribution in [3.05, 3.63) is 67.0 Å². The Bertz CT molecular complexity index is 1030. The molecule has 0 atom stereocenters. The molecule has 0 amide bonds. The normalized spacial score (nSPS) is 11.3. The van der Waals surface area contributed by atoms with Crippen molar-refractivity contribution in [1.29, 1.82) is 0 Å². The summed E-state index contributed by atoms with van der Waals surface area (Å²) in [7, 11) is 0. The molecule has 1 N–H and O–H groups in total. The van der Waals surface area contributed by atoms with Crippen LogP contribution < -0.4 is 11.2 Å². The van der Waals surface area contributed by atoms with Crippen LogP contribution in [0.2, 0.25) is 0 Å². The van der Waals surface area contributed by atoms with Gasteiger partial charge in [0, 0.05) is 6.42 Å². The number of fused-ring (bicyclic) bond motifs is 1. The predicted molar refractivity (Wildman–Crippen MR) is 86.6 cm³/mol. The van der Waals surface area contributed by atoms with E-state index in [4.69, 9.17) is 0 Å². The number of nitro groups is 1. The highest BCUT2D eigenvalue weighted by Crippen LogP contribution is 2.23. The summed E-state index contributed by atoms with van der Waals surface area (Å²) in [5.74, 6) is 0.0871. The molecule has 0 radical (unpaired) electrons. The lowest BCUT2D eigenvalue weighted by molar-refractivity contribution is -0.384. The number of aromatic nitrogens is 4. The molecule has 0 unspecified atom stereocenters. The van der Waals surface area contributed by atoms with Gasteiger partial charge in [-0.2, -0.15) is 9.61 Å². The second-order valence-electron chi connectivity index (χ2n) is 5.81. The Labute approximate surface area is 135 Å². The predicted octanol–water partition coefficient (Wildman–Crippen LogP) is 1.28. The van der Waals surface area contributed by atoms with Crippen molar-refractivity contribution in [2.75, 3.05) is 0 Å². The molecule has 9 heteroatoms. The van der Waals surface area contributed by atoms with Crippen LogP contribution >= 0.6 is 0 Å². The molecular weight excluding hydrogens is 314 g/mol. The van der Waals surface area contributed by atoms with Gasteiger partial charge in [-0.05, 0) is 18.1 Å². The molecule has 1 aromatic carbocycles. The smallest absolute Gasteiger partial charge is 0.265 e. The standard InChI is InChI=1S/C15H15N5O4/c1-9(2)8-11-12(20(23)24)13-14(21)17-18(15(22)19(13)16-11)10-6-4-3-5-7-10/h3-7,9H,8H2,1-2H3,(H,17,21). The third-order valence-corrected chi connectivity index (χ3v) is 3.53. The maximum absolute atomic E-state index is 12.6. The van der Waals surface area contributed by atoms with E-state index < -0.39 is 21.9 Å². The van der Waals surface area contributed by atoms with Gasteiger partial charge in [0.2, 0.25) is 5.52 Å². The van der Waals surface area contributed by atoms with Crippen molar-refractivity contribution in [3.8, 4) is 5.69 Å². The SMILES string of the molecule is CC(C)Cc1nn2c(=O)n(-c3ccccc3)[nH]c(=O)c2c1[N+](=O)[O-]. The van der Waals surface area contributed by atoms with Gasteiger partial charge in [0.25, 0.3) is 5.56 Å². The van der Waals surface area contributed by atoms with Crippen LogP contribution in [0.15, 0.2) is 39.9 Å². The summed E-state index contributed by atoms with van der Waals surface area (Å²) in [5.41, 5.74) is -1.61. The summed E-state index contributed by atoms with van der Waals surface area (Å²) in [6.45, 7) is 3.75. The van der Waals surface area contributed by atoms with Crippen LogP contribution in [0.4, 0.5) is 5.69 Å². The maximum Gasteiger partial charge on any atom is 0.369 e. The van der Waals surface area contributed by atoms with Gasteiger partial charge < -0.3 is 0 Å². The fourth-order valence-electron chi connectivity index (χ4n) is 2.56. The summed E-state index contributed by atoms with van der Waals surface area (Å²) in [6, 6.07) is 8.46. The molecule has 0 saturated carbocycles. The molecule has 0 aliphatic carbocycles. The van der Waals surface area contributed by atoms with Crippen molar-refractivity contribution in [1.82, 2.24) is 19.4 Å². The van der Waals surface area contributed by atoms with Gasteiger partial charge in [0.1, 0.15) is 5.69 Å². The van der Waals surface area contributed by atoms with Gasteiger partial charge >= 0.3 is 11.4 Å². The van der Waals surface area contributed by atoms with Crippen LogP contribution in [0.5, 0.6) is 0 Å². The number of hydrogen-bond donors (Lipinski definition) is 1. The van der Waals surface area contributed by atoms with Gasteiger partial charge in [-0.3, -0.25) is 20.0 Å². The summed E-state index contributed by atoms with van der Waals surface area (Å²) in [6.07, 6.45) is 0.294. The largest absolute Gasteiger partial charge is 0.369 e. The molecule has 2 aromatic heterocycles. The van der Waals surface area contributed by atoms with Gasteiger partial charge in [-0.25, -0.2) is 9.48 Å². The van der Waals surface area contributed by atoms with Crippen LogP contribution in [0.3, 0.4) is 0 Å². The van der Waals surface area contributed by atoms with Gasteiger partial charge in [-0.15, -0.1) is 0 Å². The molecule has 3 aromatic rings. The van der Waals surface area contributed by atoms with Crippen molar-refractivity contribution >= 4 is 11.2 Å². The highest BCUT2D eigenvalue weighted by Gasteiger charge is 2.28. The summed E-state index contributed by atoms with van der Waals surface area (Å²) < 4.78 is 1.83. The average Bonchev–Trinajstić information content (AvgIpc) is 2.91. The number of aromatic amines is 1. The fraction of sp³-hybridized carbons (Fsp3) is 0.267. The molecule has 0 aliphatic rings. The first-order valence-corrected chi connectivity index (χ1v) is 7.37. The van der Waals surface area contributed by atoms with Crippen LogP contribution in [0.25, 0.3) is 11.2 Å². The van der Waals surface area contributed by atoms with E-state index in [1.807, 2.05) is 13.8 Å². The molecule has 0 spiro atoms. The van der Waals surface area contributed by atoms with E-state index in [0.717, 1.165) is 9.20 Å². The van der Waals surface area contributed by atoms with E-state index in [1.54, 1.807) is 30.3 Å². The molecule has 0 fully saturated rings. The van der Waals surface area contributed by atoms with Crippen molar-refractivity contribution < 1.29 is 4.92 Å². The minimum atomic E-state index is -0.743. The van der Waals surface area contributed by atoms with Crippen LogP contribution in [0, 0.1) is 16.0 Å². The zero-order valence-corrected chi connectivity index (χ0v) is 13.1. The Hall–Kier alpha value is -3.23. The highest BCUT2D eigenvalue weighted by molar-refractivity contribution is 5.66. The van der Waals surface area contributed by atoms with Crippen LogP contribution in [-0.4, -0.2) is 24.3 Å². The Kier molecular flexibility index (Phi) is 3.76. The molecule has 3 rings (SSSR count). The van der Waals surface area contributed by atoms with Gasteiger partial charge in [-0.1, -0.05) is 32.0 Å². The third-order valence-electron chi connectivity index (χ3n) is 3.53. The molecule has 0 aliphatic heterocycles. The summed E-state index contributed by atoms with van der Waals surface area (Å²) >= 11 is 0. The van der Waals surface area contributed by atoms with E-state index in [0.29, 0.717) is 12.1 Å². The van der Waals surface area contributed by atoms with E-state index >= 15 is 0 Å². The molecule has 0 bridgehead atoms. The second-order valence-corrected chi connectivity index (χ2v) is 5.81. The topological polar surface area (TPSA) is 115 Å². The number of nitrogens with one attached hydrogen (secondary N) is 1. The lowest BCUT2D eigenvalue weighted by Gasteiger charge is -2.04. The lowest BCUT2D eigenvalue weighted by atomic mass is 10.1. The van der Waals surface area contributed by atoms with Crippen molar-refractivity contribution in [2.24, 2.45) is 5.92 Å². The van der Waals surface area contributed by atoms with Crippen LogP contribution in [-0.2, 0) is 6.42 Å². The summed E-state index contributed by atoms with van der Waals surface area (Å²) in [5, 5.41) is 17.8. The average molecular weight is 329 g/mol. The van der Waals surface area contributed by atoms with E-state index in [-0.39, 0.29) is 17.1 Å². The number of hydrogen-bond acceptors (Lipinski definition) is 5.